The molecule has 0 aliphatic carbocycles. The molecule has 0 saturated heterocycles. The van der Waals surface area contributed by atoms with E-state index in [0.717, 1.165) is 6.42 Å². The number of aliphatic hydroxyl groups excluding tert-OH is 1. The highest BCUT2D eigenvalue weighted by Gasteiger charge is 2.25. The molecule has 3 atom stereocenters. The van der Waals surface area contributed by atoms with Crippen LogP contribution in [0.4, 0.5) is 0 Å². The summed E-state index contributed by atoms with van der Waals surface area (Å²) in [7, 11) is 0. The van der Waals surface area contributed by atoms with E-state index in [0.29, 0.717) is 18.3 Å². The lowest BCUT2D eigenvalue weighted by atomic mass is 10.00. The minimum Gasteiger partial charge on any atom is -0.389 e. The van der Waals surface area contributed by atoms with E-state index in [2.05, 4.69) is 19.2 Å². The van der Waals surface area contributed by atoms with Crippen molar-refractivity contribution in [1.29, 1.82) is 0 Å². The van der Waals surface area contributed by atoms with Crippen molar-refractivity contribution in [2.45, 2.75) is 56.7 Å². The Bertz CT molecular complexity index is 235. The molecule has 4 N–H and O–H groups in total. The van der Waals surface area contributed by atoms with Crippen molar-refractivity contribution in [3.05, 3.63) is 0 Å². The number of amides is 1. The predicted octanol–water partition coefficient (Wildman–Crippen LogP) is 1.64. The van der Waals surface area contributed by atoms with Gasteiger partial charge in [-0.05, 0) is 18.3 Å². The maximum atomic E-state index is 11.5. The third kappa shape index (κ3) is 7.94. The van der Waals surface area contributed by atoms with Crippen molar-refractivity contribution in [2.75, 3.05) is 0 Å². The zero-order valence-electron chi connectivity index (χ0n) is 11.1. The average Bonchev–Trinajstić information content (AvgIpc) is 2.13. The lowest BCUT2D eigenvalue weighted by molar-refractivity contribution is -0.122. The van der Waals surface area contributed by atoms with Gasteiger partial charge in [-0.25, -0.2) is 0 Å². The molecule has 0 radical (unpaired) electrons. The van der Waals surface area contributed by atoms with Crippen LogP contribution < -0.4 is 11.1 Å². The Balaban J connectivity index is 4.12. The molecule has 0 aromatic heterocycles. The van der Waals surface area contributed by atoms with Crippen LogP contribution in [-0.4, -0.2) is 27.2 Å². The third-order valence-corrected chi connectivity index (χ3v) is 3.42. The number of rotatable bonds is 7. The highest BCUT2D eigenvalue weighted by molar-refractivity contribution is 14.1. The molecule has 0 aliphatic heterocycles. The van der Waals surface area contributed by atoms with Gasteiger partial charge >= 0.3 is 0 Å². The Morgan fingerprint density at radius 2 is 1.82 bits per heavy atom. The largest absolute Gasteiger partial charge is 0.389 e. The fourth-order valence-electron chi connectivity index (χ4n) is 1.57. The van der Waals surface area contributed by atoms with Gasteiger partial charge in [-0.3, -0.25) is 4.79 Å². The number of nitrogens with one attached hydrogen (secondary N) is 1. The summed E-state index contributed by atoms with van der Waals surface area (Å²) in [5.41, 5.74) is 5.89. The Hall–Kier alpha value is 0.120. The number of aliphatic hydroxyl groups is 1. The van der Waals surface area contributed by atoms with Gasteiger partial charge < -0.3 is 16.2 Å². The number of hydrogen-bond acceptors (Lipinski definition) is 3. The smallest absolute Gasteiger partial charge is 0.221 e. The van der Waals surface area contributed by atoms with Crippen molar-refractivity contribution in [1.82, 2.24) is 5.32 Å². The summed E-state index contributed by atoms with van der Waals surface area (Å²) in [6.07, 6.45) is 0.529. The standard InChI is InChI=1S/C12H25IN2O2/c1-7(2)5-9(14)11(17)12(13)15-10(16)6-8(3)4/h7-9,11-12,17H,5-6,14H2,1-4H3,(H,15,16). The van der Waals surface area contributed by atoms with Gasteiger partial charge in [-0.2, -0.15) is 0 Å². The number of alkyl halides is 1. The van der Waals surface area contributed by atoms with Crippen molar-refractivity contribution in [3.8, 4) is 0 Å². The van der Waals surface area contributed by atoms with Crippen LogP contribution in [0.5, 0.6) is 0 Å². The number of hydrogen-bond donors (Lipinski definition) is 3. The zero-order chi connectivity index (χ0) is 13.6. The van der Waals surface area contributed by atoms with Gasteiger partial charge in [0.2, 0.25) is 5.91 Å². The van der Waals surface area contributed by atoms with Crippen LogP contribution in [0, 0.1) is 11.8 Å². The molecule has 0 fully saturated rings. The first-order chi connectivity index (χ1) is 7.73. The van der Waals surface area contributed by atoms with E-state index in [4.69, 9.17) is 5.73 Å². The van der Waals surface area contributed by atoms with Gasteiger partial charge in [-0.1, -0.05) is 50.3 Å². The van der Waals surface area contributed by atoms with Crippen molar-refractivity contribution in [2.24, 2.45) is 17.6 Å². The summed E-state index contributed by atoms with van der Waals surface area (Å²) in [6, 6.07) is -0.295. The van der Waals surface area contributed by atoms with E-state index in [-0.39, 0.29) is 16.0 Å². The van der Waals surface area contributed by atoms with Crippen LogP contribution >= 0.6 is 22.6 Å². The van der Waals surface area contributed by atoms with Gasteiger partial charge in [0.1, 0.15) is 4.05 Å². The molecule has 4 nitrogen and oxygen atoms in total. The molecule has 0 aliphatic rings. The Morgan fingerprint density at radius 1 is 1.29 bits per heavy atom. The van der Waals surface area contributed by atoms with Crippen LogP contribution in [0.2, 0.25) is 0 Å². The molecule has 1 amide bonds. The van der Waals surface area contributed by atoms with Crippen molar-refractivity contribution < 1.29 is 9.90 Å². The topological polar surface area (TPSA) is 75.3 Å². The van der Waals surface area contributed by atoms with Crippen LogP contribution in [-0.2, 0) is 4.79 Å². The van der Waals surface area contributed by atoms with Crippen molar-refractivity contribution in [3.63, 3.8) is 0 Å². The Labute approximate surface area is 118 Å². The SMILES string of the molecule is CC(C)CC(=O)NC(I)C(O)C(N)CC(C)C. The monoisotopic (exact) mass is 356 g/mol. The zero-order valence-corrected chi connectivity index (χ0v) is 13.3. The van der Waals surface area contributed by atoms with E-state index < -0.39 is 6.10 Å². The fraction of sp³-hybridized carbons (Fsp3) is 0.917. The van der Waals surface area contributed by atoms with E-state index in [1.54, 1.807) is 0 Å². The molecule has 0 saturated carbocycles. The van der Waals surface area contributed by atoms with E-state index in [1.807, 2.05) is 36.4 Å². The summed E-state index contributed by atoms with van der Waals surface area (Å²) in [6.45, 7) is 8.10. The second-order valence-electron chi connectivity index (χ2n) is 5.35. The molecular weight excluding hydrogens is 331 g/mol. The summed E-state index contributed by atoms with van der Waals surface area (Å²) >= 11 is 2.03. The molecule has 0 aromatic rings. The van der Waals surface area contributed by atoms with Crippen molar-refractivity contribution >= 4 is 28.5 Å². The van der Waals surface area contributed by atoms with Crippen LogP contribution in [0.3, 0.4) is 0 Å². The summed E-state index contributed by atoms with van der Waals surface area (Å²) in [5.74, 6) is 0.727. The molecule has 0 heterocycles. The summed E-state index contributed by atoms with van der Waals surface area (Å²) < 4.78 is -0.326. The van der Waals surface area contributed by atoms with Gasteiger partial charge in [0.25, 0.3) is 0 Å². The first kappa shape index (κ1) is 17.1. The fourth-order valence-corrected chi connectivity index (χ4v) is 2.45. The highest BCUT2D eigenvalue weighted by Crippen LogP contribution is 2.13. The molecule has 3 unspecified atom stereocenters. The number of carbonyl (C=O) groups excluding carboxylic acids is 1. The lowest BCUT2D eigenvalue weighted by Crippen LogP contribution is -2.48. The maximum Gasteiger partial charge on any atom is 0.221 e. The van der Waals surface area contributed by atoms with E-state index >= 15 is 0 Å². The maximum absolute atomic E-state index is 11.5. The van der Waals surface area contributed by atoms with E-state index in [9.17, 15) is 9.90 Å². The minimum absolute atomic E-state index is 0.0322. The number of halogens is 1. The predicted molar refractivity (Wildman–Crippen MR) is 78.8 cm³/mol. The molecule has 0 bridgehead atoms. The third-order valence-electron chi connectivity index (χ3n) is 2.37. The van der Waals surface area contributed by atoms with Gasteiger partial charge in [0.05, 0.1) is 6.10 Å². The molecular formula is C12H25IN2O2. The number of nitrogens with two attached hydrogens (primary N) is 1. The molecule has 0 spiro atoms. The van der Waals surface area contributed by atoms with Crippen LogP contribution in [0.1, 0.15) is 40.5 Å². The molecule has 0 rings (SSSR count). The first-order valence-electron chi connectivity index (χ1n) is 6.11. The van der Waals surface area contributed by atoms with Crippen LogP contribution in [0.15, 0.2) is 0 Å². The quantitative estimate of drug-likeness (QED) is 0.369. The second-order valence-corrected chi connectivity index (χ2v) is 6.69. The minimum atomic E-state index is -0.700. The Morgan fingerprint density at radius 3 is 2.24 bits per heavy atom. The highest BCUT2D eigenvalue weighted by atomic mass is 127. The first-order valence-corrected chi connectivity index (χ1v) is 7.35. The second kappa shape index (κ2) is 8.26. The molecule has 5 heteroatoms. The number of carbonyl (C=O) groups is 1. The van der Waals surface area contributed by atoms with E-state index in [1.165, 1.54) is 0 Å². The average molecular weight is 356 g/mol. The lowest BCUT2D eigenvalue weighted by Gasteiger charge is -2.25. The Kier molecular flexibility index (Phi) is 8.32. The molecule has 17 heavy (non-hydrogen) atoms. The molecule has 102 valence electrons. The van der Waals surface area contributed by atoms with Gasteiger partial charge in [0.15, 0.2) is 0 Å². The summed E-state index contributed by atoms with van der Waals surface area (Å²) in [4.78, 5) is 11.5. The van der Waals surface area contributed by atoms with Gasteiger partial charge in [-0.15, -0.1) is 0 Å². The normalized spacial score (nSPS) is 17.0. The summed E-state index contributed by atoms with van der Waals surface area (Å²) in [5, 5.41) is 12.8. The van der Waals surface area contributed by atoms with Crippen LogP contribution in [0.25, 0.3) is 0 Å². The molecule has 0 aromatic carbocycles. The van der Waals surface area contributed by atoms with Gasteiger partial charge in [0, 0.05) is 12.5 Å².